The van der Waals surface area contributed by atoms with Crippen LogP contribution < -0.4 is 5.32 Å². The van der Waals surface area contributed by atoms with Crippen LogP contribution in [0.3, 0.4) is 0 Å². The van der Waals surface area contributed by atoms with Gasteiger partial charge in [-0.2, -0.15) is 0 Å². The first-order valence-corrected chi connectivity index (χ1v) is 18.6. The summed E-state index contributed by atoms with van der Waals surface area (Å²) >= 11 is 14.2. The van der Waals surface area contributed by atoms with Crippen molar-refractivity contribution in [3.8, 4) is 0 Å². The molecule has 3 saturated carbocycles. The van der Waals surface area contributed by atoms with Gasteiger partial charge in [-0.15, -0.1) is 23.2 Å². The van der Waals surface area contributed by atoms with Crippen molar-refractivity contribution >= 4 is 35.0 Å². The van der Waals surface area contributed by atoms with Crippen LogP contribution in [0.15, 0.2) is 0 Å². The summed E-state index contributed by atoms with van der Waals surface area (Å²) in [6, 6.07) is -0.673. The number of hydrogen-bond donors (Lipinski definition) is 4. The normalized spacial score (nSPS) is 50.4. The van der Waals surface area contributed by atoms with E-state index in [2.05, 4.69) is 29.0 Å². The van der Waals surface area contributed by atoms with Gasteiger partial charge in [0.2, 0.25) is 11.8 Å². The van der Waals surface area contributed by atoms with Crippen molar-refractivity contribution < 1.29 is 34.4 Å². The Morgan fingerprint density at radius 1 is 0.913 bits per heavy atom. The highest BCUT2D eigenvalue weighted by Crippen LogP contribution is 2.62. The number of likely N-dealkylation sites (N-methyl/N-ethyl adjacent to an activating group) is 1. The molecule has 7 aliphatic rings. The number of nitrogens with one attached hydrogen (secondary N) is 1. The number of hydrogen-bond acceptors (Lipinski definition) is 10. The Morgan fingerprint density at radius 2 is 1.57 bits per heavy atom. The molecule has 7 fully saturated rings. The molecule has 3 aliphatic carbocycles. The maximum atomic E-state index is 14.6. The van der Waals surface area contributed by atoms with Crippen molar-refractivity contribution in [1.29, 1.82) is 0 Å². The molecule has 17 atom stereocenters. The Balaban J connectivity index is 1.33. The van der Waals surface area contributed by atoms with Crippen LogP contribution in [0.5, 0.6) is 0 Å². The third kappa shape index (κ3) is 5.04. The summed E-state index contributed by atoms with van der Waals surface area (Å²) < 4.78 is 11.9. The molecule has 4 aliphatic heterocycles. The van der Waals surface area contributed by atoms with E-state index >= 15 is 0 Å². The van der Waals surface area contributed by atoms with Gasteiger partial charge in [-0.3, -0.25) is 19.4 Å². The van der Waals surface area contributed by atoms with Gasteiger partial charge in [0.1, 0.15) is 30.6 Å². The molecule has 0 bridgehead atoms. The molecule has 46 heavy (non-hydrogen) atoms. The van der Waals surface area contributed by atoms with Crippen LogP contribution in [0.1, 0.15) is 52.4 Å². The molecule has 0 aromatic carbocycles. The molecule has 4 saturated heterocycles. The molecule has 2 amide bonds. The van der Waals surface area contributed by atoms with E-state index in [1.165, 1.54) is 7.11 Å². The number of nitrogens with zero attached hydrogens (tertiary/aromatic N) is 3. The second-order valence-corrected chi connectivity index (χ2v) is 16.0. The van der Waals surface area contributed by atoms with Gasteiger partial charge in [0, 0.05) is 55.1 Å². The number of carbonyl (C=O) groups excluding carboxylic acids is 2. The summed E-state index contributed by atoms with van der Waals surface area (Å²) in [6.07, 6.45) is 0.0157. The number of aliphatic hydroxyl groups excluding tert-OH is 3. The zero-order valence-corrected chi connectivity index (χ0v) is 28.7. The summed E-state index contributed by atoms with van der Waals surface area (Å²) in [5, 5.41) is 36.8. The lowest BCUT2D eigenvalue weighted by Gasteiger charge is -2.52. The first-order valence-electron chi connectivity index (χ1n) is 17.7. The van der Waals surface area contributed by atoms with Gasteiger partial charge in [0.15, 0.2) is 0 Å². The SMILES string of the molecule is CCN(CC)CCN1C(=O)C2C(C1=O)C1C3CCCC(Cl)C3N([C@@H]3O[C@H](CO)[C@@H](OC)[C@H](O)[C@H]3O)C1C1NC3C(Cl)CCCC3C12. The number of ether oxygens (including phenoxy) is 2. The van der Waals surface area contributed by atoms with Gasteiger partial charge in [-0.1, -0.05) is 26.7 Å². The maximum absolute atomic E-state index is 14.6. The summed E-state index contributed by atoms with van der Waals surface area (Å²) in [4.78, 5) is 35.1. The number of carbonyl (C=O) groups is 2. The van der Waals surface area contributed by atoms with Crippen molar-refractivity contribution in [3.63, 3.8) is 0 Å². The largest absolute Gasteiger partial charge is 0.394 e. The number of rotatable bonds is 8. The van der Waals surface area contributed by atoms with E-state index in [1.54, 1.807) is 4.90 Å². The maximum Gasteiger partial charge on any atom is 0.233 e. The van der Waals surface area contributed by atoms with E-state index < -0.39 is 42.5 Å². The third-order valence-corrected chi connectivity index (χ3v) is 14.2. The predicted octanol–water partition coefficient (Wildman–Crippen LogP) is 0.838. The molecular formula is C33H52Cl2N4O7. The highest BCUT2D eigenvalue weighted by molar-refractivity contribution is 6.21. The Morgan fingerprint density at radius 3 is 2.22 bits per heavy atom. The predicted molar refractivity (Wildman–Crippen MR) is 171 cm³/mol. The number of aliphatic hydroxyl groups is 3. The molecular weight excluding hydrogens is 635 g/mol. The molecule has 0 radical (unpaired) electrons. The van der Waals surface area contributed by atoms with Crippen molar-refractivity contribution in [2.75, 3.05) is 39.9 Å². The van der Waals surface area contributed by atoms with Gasteiger partial charge in [-0.25, -0.2) is 0 Å². The van der Waals surface area contributed by atoms with Crippen molar-refractivity contribution in [3.05, 3.63) is 0 Å². The van der Waals surface area contributed by atoms with Crippen LogP contribution >= 0.6 is 23.2 Å². The van der Waals surface area contributed by atoms with E-state index in [1.807, 2.05) is 0 Å². The number of amides is 2. The van der Waals surface area contributed by atoms with Crippen LogP contribution in [0.4, 0.5) is 0 Å². The number of halogens is 2. The lowest BCUT2D eigenvalue weighted by molar-refractivity contribution is -0.279. The first kappa shape index (κ1) is 33.9. The van der Waals surface area contributed by atoms with E-state index in [9.17, 15) is 24.9 Å². The highest BCUT2D eigenvalue weighted by Gasteiger charge is 2.73. The quantitative estimate of drug-likeness (QED) is 0.215. The molecule has 4 heterocycles. The fourth-order valence-electron chi connectivity index (χ4n) is 11.3. The molecule has 4 N–H and O–H groups in total. The molecule has 260 valence electrons. The minimum Gasteiger partial charge on any atom is -0.394 e. The molecule has 12 unspecified atom stereocenters. The van der Waals surface area contributed by atoms with Crippen LogP contribution in [0.25, 0.3) is 0 Å². The standard InChI is InChI=1S/C33H52Cl2N4O7/c1-4-37(5-2)12-13-38-31(43)22-20-15-8-6-10-17(34)24(15)36-25(20)27-21(23(22)32(38)44)16-9-7-11-18(35)26(16)39(27)33-29(42)28(41)30(45-3)19(14-40)46-33/h15-30,33,36,40-42H,4-14H2,1-3H3/t15?,16?,17?,18?,19-,20?,21?,22?,23?,24?,25?,26?,27?,28-,29-,30-,33-/m1/s1. The number of imide groups is 1. The Kier molecular flexibility index (Phi) is 9.77. The molecule has 0 aromatic rings. The molecule has 0 aromatic heterocycles. The average molecular weight is 688 g/mol. The Hall–Kier alpha value is -0.600. The van der Waals surface area contributed by atoms with E-state index in [-0.39, 0.29) is 77.0 Å². The van der Waals surface area contributed by atoms with E-state index in [4.69, 9.17) is 32.7 Å². The van der Waals surface area contributed by atoms with E-state index in [0.717, 1.165) is 51.6 Å². The number of likely N-dealkylation sites (tertiary alicyclic amines) is 2. The van der Waals surface area contributed by atoms with Crippen molar-refractivity contribution in [2.24, 2.45) is 35.5 Å². The van der Waals surface area contributed by atoms with Crippen LogP contribution in [0.2, 0.25) is 0 Å². The Labute approximate surface area is 282 Å². The minimum absolute atomic E-state index is 0.00563. The van der Waals surface area contributed by atoms with E-state index in [0.29, 0.717) is 13.1 Å². The first-order chi connectivity index (χ1) is 22.2. The monoisotopic (exact) mass is 686 g/mol. The van der Waals surface area contributed by atoms with Gasteiger partial charge in [0.25, 0.3) is 0 Å². The summed E-state index contributed by atoms with van der Waals surface area (Å²) in [6.45, 7) is 6.52. The fourth-order valence-corrected chi connectivity index (χ4v) is 12.2. The summed E-state index contributed by atoms with van der Waals surface area (Å²) in [7, 11) is 1.43. The van der Waals surface area contributed by atoms with Crippen LogP contribution in [-0.4, -0.2) is 147 Å². The van der Waals surface area contributed by atoms with Gasteiger partial charge in [0.05, 0.1) is 18.4 Å². The van der Waals surface area contributed by atoms with Gasteiger partial charge in [-0.05, 0) is 62.4 Å². The number of fused-ring (bicyclic) bond motifs is 10. The highest BCUT2D eigenvalue weighted by atomic mass is 35.5. The third-order valence-electron chi connectivity index (χ3n) is 13.2. The van der Waals surface area contributed by atoms with Crippen molar-refractivity contribution in [2.45, 2.75) is 118 Å². The number of alkyl halides is 2. The van der Waals surface area contributed by atoms with Gasteiger partial charge < -0.3 is 35.0 Å². The fraction of sp³-hybridized carbons (Fsp3) is 0.939. The van der Waals surface area contributed by atoms with Gasteiger partial charge >= 0.3 is 0 Å². The molecule has 11 nitrogen and oxygen atoms in total. The second-order valence-electron chi connectivity index (χ2n) is 14.9. The molecule has 13 heteroatoms. The molecule has 0 spiro atoms. The zero-order chi connectivity index (χ0) is 32.6. The topological polar surface area (TPSA) is 135 Å². The second kappa shape index (κ2) is 13.3. The summed E-state index contributed by atoms with van der Waals surface area (Å²) in [5.74, 6) is -1.17. The number of methoxy groups -OCH3 is 1. The zero-order valence-electron chi connectivity index (χ0n) is 27.2. The lowest BCUT2D eigenvalue weighted by Crippen LogP contribution is -2.69. The lowest BCUT2D eigenvalue weighted by atomic mass is 9.57. The smallest absolute Gasteiger partial charge is 0.233 e. The van der Waals surface area contributed by atoms with Crippen LogP contribution in [0, 0.1) is 35.5 Å². The van der Waals surface area contributed by atoms with Crippen LogP contribution in [-0.2, 0) is 19.1 Å². The van der Waals surface area contributed by atoms with Crippen molar-refractivity contribution in [1.82, 2.24) is 20.0 Å². The molecule has 7 rings (SSSR count). The minimum atomic E-state index is -1.33. The average Bonchev–Trinajstić information content (AvgIpc) is 3.68. The Bertz CT molecular complexity index is 1150. The summed E-state index contributed by atoms with van der Waals surface area (Å²) in [5.41, 5.74) is 0.